The van der Waals surface area contributed by atoms with Crippen molar-refractivity contribution in [2.75, 3.05) is 12.4 Å². The van der Waals surface area contributed by atoms with E-state index < -0.39 is 0 Å². The molecule has 3 heteroatoms. The van der Waals surface area contributed by atoms with Gasteiger partial charge in [-0.25, -0.2) is 4.98 Å². The number of hydrogen-bond acceptors (Lipinski definition) is 2. The van der Waals surface area contributed by atoms with Gasteiger partial charge in [-0.05, 0) is 13.3 Å². The molecule has 0 unspecified atom stereocenters. The minimum Gasteiger partial charge on any atom is -0.359 e. The standard InChI is InChI=1S/C9H17N3/c1-4-5-6-12-7-8(2)11-9(12)10-3/h7H,4-6H2,1-3H3,(H,10,11). The van der Waals surface area contributed by atoms with Crippen LogP contribution in [0, 0.1) is 6.92 Å². The molecule has 0 bridgehead atoms. The van der Waals surface area contributed by atoms with E-state index in [-0.39, 0.29) is 0 Å². The first-order valence-corrected chi connectivity index (χ1v) is 4.49. The number of imidazole rings is 1. The van der Waals surface area contributed by atoms with E-state index in [4.69, 9.17) is 0 Å². The van der Waals surface area contributed by atoms with Crippen molar-refractivity contribution < 1.29 is 0 Å². The molecule has 68 valence electrons. The molecule has 12 heavy (non-hydrogen) atoms. The zero-order valence-electron chi connectivity index (χ0n) is 8.09. The van der Waals surface area contributed by atoms with E-state index in [0.717, 1.165) is 18.2 Å². The Morgan fingerprint density at radius 1 is 1.58 bits per heavy atom. The quantitative estimate of drug-likeness (QED) is 0.743. The SMILES string of the molecule is CCCCn1cc(C)nc1NC. The van der Waals surface area contributed by atoms with Gasteiger partial charge >= 0.3 is 0 Å². The van der Waals surface area contributed by atoms with Gasteiger partial charge in [0.05, 0.1) is 5.69 Å². The van der Waals surface area contributed by atoms with Crippen LogP contribution in [-0.2, 0) is 6.54 Å². The molecule has 0 spiro atoms. The third kappa shape index (κ3) is 2.00. The molecule has 0 radical (unpaired) electrons. The highest BCUT2D eigenvalue weighted by molar-refractivity contribution is 5.27. The first-order chi connectivity index (χ1) is 5.77. The van der Waals surface area contributed by atoms with E-state index in [2.05, 4.69) is 28.0 Å². The summed E-state index contributed by atoms with van der Waals surface area (Å²) in [6.45, 7) is 5.28. The predicted molar refractivity (Wildman–Crippen MR) is 51.4 cm³/mol. The Labute approximate surface area is 73.8 Å². The van der Waals surface area contributed by atoms with E-state index >= 15 is 0 Å². The Morgan fingerprint density at radius 3 is 2.92 bits per heavy atom. The van der Waals surface area contributed by atoms with Gasteiger partial charge in [-0.3, -0.25) is 0 Å². The van der Waals surface area contributed by atoms with Crippen molar-refractivity contribution >= 4 is 5.95 Å². The lowest BCUT2D eigenvalue weighted by molar-refractivity contribution is 0.636. The molecule has 1 aromatic rings. The molecule has 1 heterocycles. The second-order valence-electron chi connectivity index (χ2n) is 3.00. The van der Waals surface area contributed by atoms with Gasteiger partial charge in [-0.15, -0.1) is 0 Å². The maximum atomic E-state index is 4.33. The molecule has 1 rings (SSSR count). The van der Waals surface area contributed by atoms with Crippen LogP contribution in [-0.4, -0.2) is 16.6 Å². The van der Waals surface area contributed by atoms with E-state index in [1.165, 1.54) is 12.8 Å². The predicted octanol–water partition coefficient (Wildman–Crippen LogP) is 2.03. The van der Waals surface area contributed by atoms with Crippen LogP contribution < -0.4 is 5.32 Å². The van der Waals surface area contributed by atoms with Crippen molar-refractivity contribution in [3.63, 3.8) is 0 Å². The number of anilines is 1. The molecule has 0 saturated carbocycles. The summed E-state index contributed by atoms with van der Waals surface area (Å²) in [7, 11) is 1.91. The third-order valence-corrected chi connectivity index (χ3v) is 1.87. The van der Waals surface area contributed by atoms with Crippen LogP contribution in [0.25, 0.3) is 0 Å². The summed E-state index contributed by atoms with van der Waals surface area (Å²) in [5, 5.41) is 3.08. The lowest BCUT2D eigenvalue weighted by Crippen LogP contribution is -2.02. The van der Waals surface area contributed by atoms with E-state index in [0.29, 0.717) is 0 Å². The lowest BCUT2D eigenvalue weighted by Gasteiger charge is -2.04. The van der Waals surface area contributed by atoms with Crippen LogP contribution in [0.1, 0.15) is 25.5 Å². The fourth-order valence-electron chi connectivity index (χ4n) is 1.25. The third-order valence-electron chi connectivity index (χ3n) is 1.87. The number of rotatable bonds is 4. The van der Waals surface area contributed by atoms with Crippen LogP contribution in [0.5, 0.6) is 0 Å². The minimum atomic E-state index is 0.973. The first kappa shape index (κ1) is 9.10. The summed E-state index contributed by atoms with van der Waals surface area (Å²) in [4.78, 5) is 4.33. The monoisotopic (exact) mass is 167 g/mol. The smallest absolute Gasteiger partial charge is 0.202 e. The number of nitrogens with zero attached hydrogens (tertiary/aromatic N) is 2. The average Bonchev–Trinajstić information content (AvgIpc) is 2.42. The Balaban J connectivity index is 2.68. The van der Waals surface area contributed by atoms with Gasteiger partial charge in [0.1, 0.15) is 0 Å². The zero-order valence-corrected chi connectivity index (χ0v) is 8.09. The Hall–Kier alpha value is -0.990. The average molecular weight is 167 g/mol. The van der Waals surface area contributed by atoms with Crippen molar-refractivity contribution in [1.82, 2.24) is 9.55 Å². The van der Waals surface area contributed by atoms with Crippen LogP contribution in [0.4, 0.5) is 5.95 Å². The Morgan fingerprint density at radius 2 is 2.33 bits per heavy atom. The zero-order chi connectivity index (χ0) is 8.97. The van der Waals surface area contributed by atoms with Crippen molar-refractivity contribution in [3.8, 4) is 0 Å². The highest BCUT2D eigenvalue weighted by Gasteiger charge is 2.01. The van der Waals surface area contributed by atoms with Crippen LogP contribution in [0.15, 0.2) is 6.20 Å². The van der Waals surface area contributed by atoms with Gasteiger partial charge in [-0.1, -0.05) is 13.3 Å². The van der Waals surface area contributed by atoms with Gasteiger partial charge in [0.25, 0.3) is 0 Å². The number of aromatic nitrogens is 2. The number of nitrogens with one attached hydrogen (secondary N) is 1. The molecular formula is C9H17N3. The van der Waals surface area contributed by atoms with Crippen LogP contribution in [0.3, 0.4) is 0 Å². The first-order valence-electron chi connectivity index (χ1n) is 4.49. The van der Waals surface area contributed by atoms with Crippen molar-refractivity contribution in [3.05, 3.63) is 11.9 Å². The fourth-order valence-corrected chi connectivity index (χ4v) is 1.25. The highest BCUT2D eigenvalue weighted by atomic mass is 15.2. The summed E-state index contributed by atoms with van der Waals surface area (Å²) in [5.41, 5.74) is 1.08. The number of aryl methyl sites for hydroxylation is 2. The Bertz CT molecular complexity index is 240. The molecular weight excluding hydrogens is 150 g/mol. The fraction of sp³-hybridized carbons (Fsp3) is 0.667. The van der Waals surface area contributed by atoms with Gasteiger partial charge in [0.15, 0.2) is 0 Å². The van der Waals surface area contributed by atoms with Crippen molar-refractivity contribution in [2.45, 2.75) is 33.2 Å². The molecule has 1 N–H and O–H groups in total. The van der Waals surface area contributed by atoms with Gasteiger partial charge in [0, 0.05) is 19.8 Å². The second kappa shape index (κ2) is 4.14. The minimum absolute atomic E-state index is 0.973. The van der Waals surface area contributed by atoms with E-state index in [1.54, 1.807) is 0 Å². The molecule has 0 fully saturated rings. The summed E-state index contributed by atoms with van der Waals surface area (Å²) >= 11 is 0. The lowest BCUT2D eigenvalue weighted by atomic mass is 10.3. The van der Waals surface area contributed by atoms with E-state index in [1.807, 2.05) is 14.0 Å². The maximum Gasteiger partial charge on any atom is 0.202 e. The maximum absolute atomic E-state index is 4.33. The van der Waals surface area contributed by atoms with Crippen molar-refractivity contribution in [1.29, 1.82) is 0 Å². The molecule has 0 aliphatic carbocycles. The van der Waals surface area contributed by atoms with Gasteiger partial charge in [0.2, 0.25) is 5.95 Å². The van der Waals surface area contributed by atoms with Gasteiger partial charge < -0.3 is 9.88 Å². The van der Waals surface area contributed by atoms with Crippen molar-refractivity contribution in [2.24, 2.45) is 0 Å². The molecule has 1 aromatic heterocycles. The van der Waals surface area contributed by atoms with E-state index in [9.17, 15) is 0 Å². The summed E-state index contributed by atoms with van der Waals surface area (Å²) < 4.78 is 2.17. The molecule has 3 nitrogen and oxygen atoms in total. The topological polar surface area (TPSA) is 29.9 Å². The summed E-state index contributed by atoms with van der Waals surface area (Å²) in [6.07, 6.45) is 4.52. The van der Waals surface area contributed by atoms with Crippen LogP contribution >= 0.6 is 0 Å². The Kier molecular flexibility index (Phi) is 3.14. The second-order valence-corrected chi connectivity index (χ2v) is 3.00. The molecule has 0 saturated heterocycles. The molecule has 0 aliphatic rings. The normalized spacial score (nSPS) is 10.2. The largest absolute Gasteiger partial charge is 0.359 e. The summed E-state index contributed by atoms with van der Waals surface area (Å²) in [6, 6.07) is 0. The van der Waals surface area contributed by atoms with Crippen LogP contribution in [0.2, 0.25) is 0 Å². The molecule has 0 aliphatic heterocycles. The molecule has 0 atom stereocenters. The summed E-state index contributed by atoms with van der Waals surface area (Å²) in [5.74, 6) is 0.973. The molecule has 0 aromatic carbocycles. The molecule has 0 amide bonds. The number of hydrogen-bond donors (Lipinski definition) is 1. The number of unbranched alkanes of at least 4 members (excludes halogenated alkanes) is 1. The van der Waals surface area contributed by atoms with Gasteiger partial charge in [-0.2, -0.15) is 0 Å². The highest BCUT2D eigenvalue weighted by Crippen LogP contribution is 2.08.